The molecule has 0 spiro atoms. The number of halogens is 1. The molecule has 4 rings (SSSR count). The number of hydrogen-bond donors (Lipinski definition) is 0. The average Bonchev–Trinajstić information content (AvgIpc) is 2.79. The molecule has 1 aliphatic rings. The zero-order valence-electron chi connectivity index (χ0n) is 17.1. The van der Waals surface area contributed by atoms with Crippen LogP contribution < -0.4 is 9.47 Å². The van der Waals surface area contributed by atoms with Crippen LogP contribution in [0.4, 0.5) is 0 Å². The standard InChI is InChI=1S/C24H23ClN4O2/c25-24-27-20(16-29-11-5-2-6-12-29)14-23(28-24)31-22-13-19(15-26)9-10-21(22)30-17-18-7-3-1-4-8-18/h1,3-4,7-10,13-14H,2,5-6,11-12,16-17H2. The molecule has 0 saturated carbocycles. The van der Waals surface area contributed by atoms with Gasteiger partial charge in [-0.25, -0.2) is 4.98 Å². The summed E-state index contributed by atoms with van der Waals surface area (Å²) in [7, 11) is 0. The molecule has 6 nitrogen and oxygen atoms in total. The summed E-state index contributed by atoms with van der Waals surface area (Å²) in [6.07, 6.45) is 3.67. The van der Waals surface area contributed by atoms with Crippen molar-refractivity contribution < 1.29 is 9.47 Å². The summed E-state index contributed by atoms with van der Waals surface area (Å²) < 4.78 is 12.0. The van der Waals surface area contributed by atoms with Crippen molar-refractivity contribution in [2.75, 3.05) is 13.1 Å². The molecule has 7 heteroatoms. The van der Waals surface area contributed by atoms with E-state index >= 15 is 0 Å². The van der Waals surface area contributed by atoms with Gasteiger partial charge in [-0.15, -0.1) is 0 Å². The number of piperidine rings is 1. The van der Waals surface area contributed by atoms with Crippen LogP contribution in [0.15, 0.2) is 54.6 Å². The predicted molar refractivity (Wildman–Crippen MR) is 118 cm³/mol. The fourth-order valence-corrected chi connectivity index (χ4v) is 3.74. The van der Waals surface area contributed by atoms with Gasteiger partial charge in [-0.3, -0.25) is 4.90 Å². The van der Waals surface area contributed by atoms with Gasteiger partial charge in [0, 0.05) is 18.7 Å². The topological polar surface area (TPSA) is 71.3 Å². The smallest absolute Gasteiger partial charge is 0.225 e. The minimum Gasteiger partial charge on any atom is -0.485 e. The van der Waals surface area contributed by atoms with Crippen LogP contribution in [0.2, 0.25) is 5.28 Å². The van der Waals surface area contributed by atoms with E-state index in [0.29, 0.717) is 36.1 Å². The van der Waals surface area contributed by atoms with Gasteiger partial charge < -0.3 is 9.47 Å². The highest BCUT2D eigenvalue weighted by molar-refractivity contribution is 6.28. The van der Waals surface area contributed by atoms with Gasteiger partial charge in [0.1, 0.15) is 6.61 Å². The maximum absolute atomic E-state index is 9.30. The molecule has 2 aromatic carbocycles. The number of ether oxygens (including phenoxy) is 2. The van der Waals surface area contributed by atoms with Crippen LogP contribution in [0.25, 0.3) is 0 Å². The average molecular weight is 435 g/mol. The van der Waals surface area contributed by atoms with Gasteiger partial charge in [-0.2, -0.15) is 10.2 Å². The van der Waals surface area contributed by atoms with E-state index < -0.39 is 0 Å². The Hall–Kier alpha value is -3.14. The van der Waals surface area contributed by atoms with Crippen LogP contribution in [0.3, 0.4) is 0 Å². The van der Waals surface area contributed by atoms with E-state index in [4.69, 9.17) is 21.1 Å². The summed E-state index contributed by atoms with van der Waals surface area (Å²) in [6, 6.07) is 18.8. The van der Waals surface area contributed by atoms with E-state index in [2.05, 4.69) is 20.9 Å². The highest BCUT2D eigenvalue weighted by Crippen LogP contribution is 2.33. The van der Waals surface area contributed by atoms with E-state index in [0.717, 1.165) is 24.3 Å². The molecule has 0 radical (unpaired) electrons. The minimum atomic E-state index is 0.132. The lowest BCUT2D eigenvalue weighted by Gasteiger charge is -2.26. The van der Waals surface area contributed by atoms with Crippen LogP contribution in [0.1, 0.15) is 36.1 Å². The van der Waals surface area contributed by atoms with Crippen molar-refractivity contribution in [1.82, 2.24) is 14.9 Å². The third-order valence-corrected chi connectivity index (χ3v) is 5.26. The number of nitriles is 1. The molecule has 1 fully saturated rings. The summed E-state index contributed by atoms with van der Waals surface area (Å²) in [5.41, 5.74) is 2.31. The minimum absolute atomic E-state index is 0.132. The van der Waals surface area contributed by atoms with Crippen LogP contribution in [-0.2, 0) is 13.2 Å². The quantitative estimate of drug-likeness (QED) is 0.466. The molecule has 2 heterocycles. The summed E-state index contributed by atoms with van der Waals surface area (Å²) in [6.45, 7) is 3.20. The molecule has 0 aliphatic carbocycles. The van der Waals surface area contributed by atoms with Gasteiger partial charge in [0.25, 0.3) is 0 Å². The SMILES string of the molecule is N#Cc1ccc(OCc2ccccc2)c(Oc2cc(CN3CCCCC3)nc(Cl)n2)c1. The highest BCUT2D eigenvalue weighted by atomic mass is 35.5. The second-order valence-corrected chi connectivity index (χ2v) is 7.79. The Morgan fingerprint density at radius 1 is 0.968 bits per heavy atom. The maximum Gasteiger partial charge on any atom is 0.225 e. The van der Waals surface area contributed by atoms with Gasteiger partial charge in [0.2, 0.25) is 11.2 Å². The van der Waals surface area contributed by atoms with Crippen molar-refractivity contribution in [3.8, 4) is 23.4 Å². The molecule has 158 valence electrons. The molecule has 3 aromatic rings. The molecule has 0 N–H and O–H groups in total. The Bertz CT molecular complexity index is 1060. The Labute approximate surface area is 187 Å². The summed E-state index contributed by atoms with van der Waals surface area (Å²) >= 11 is 6.17. The van der Waals surface area contributed by atoms with Crippen LogP contribution in [0.5, 0.6) is 17.4 Å². The molecule has 0 unspecified atom stereocenters. The first kappa shape index (κ1) is 21.1. The first-order valence-corrected chi connectivity index (χ1v) is 10.7. The number of likely N-dealkylation sites (tertiary alicyclic amines) is 1. The first-order valence-electron chi connectivity index (χ1n) is 10.3. The number of aromatic nitrogens is 2. The monoisotopic (exact) mass is 434 g/mol. The van der Waals surface area contributed by atoms with Crippen molar-refractivity contribution in [1.29, 1.82) is 5.26 Å². The fraction of sp³-hybridized carbons (Fsp3) is 0.292. The Balaban J connectivity index is 1.54. The summed E-state index contributed by atoms with van der Waals surface area (Å²) in [4.78, 5) is 10.9. The number of benzene rings is 2. The summed E-state index contributed by atoms with van der Waals surface area (Å²) in [5, 5.41) is 9.43. The second-order valence-electron chi connectivity index (χ2n) is 7.45. The Kier molecular flexibility index (Phi) is 6.98. The lowest BCUT2D eigenvalue weighted by Crippen LogP contribution is -2.29. The number of hydrogen-bond acceptors (Lipinski definition) is 6. The van der Waals surface area contributed by atoms with Crippen molar-refractivity contribution in [2.24, 2.45) is 0 Å². The molecule has 0 atom stereocenters. The third kappa shape index (κ3) is 5.94. The molecule has 0 amide bonds. The van der Waals surface area contributed by atoms with Crippen molar-refractivity contribution in [3.05, 3.63) is 76.7 Å². The molecule has 0 bridgehead atoms. The van der Waals surface area contributed by atoms with E-state index in [1.807, 2.05) is 30.3 Å². The molecular weight excluding hydrogens is 412 g/mol. The molecule has 1 aromatic heterocycles. The zero-order chi connectivity index (χ0) is 21.5. The Morgan fingerprint density at radius 3 is 2.55 bits per heavy atom. The molecule has 31 heavy (non-hydrogen) atoms. The van der Waals surface area contributed by atoms with Crippen LogP contribution in [0, 0.1) is 11.3 Å². The van der Waals surface area contributed by atoms with E-state index in [1.165, 1.54) is 19.3 Å². The van der Waals surface area contributed by atoms with Crippen LogP contribution >= 0.6 is 11.6 Å². The summed E-state index contributed by atoms with van der Waals surface area (Å²) in [5.74, 6) is 1.26. The van der Waals surface area contributed by atoms with Crippen LogP contribution in [-0.4, -0.2) is 28.0 Å². The van der Waals surface area contributed by atoms with Crippen molar-refractivity contribution in [3.63, 3.8) is 0 Å². The fourth-order valence-electron chi connectivity index (χ4n) is 3.55. The van der Waals surface area contributed by atoms with Gasteiger partial charge in [-0.1, -0.05) is 36.8 Å². The Morgan fingerprint density at radius 2 is 1.77 bits per heavy atom. The highest BCUT2D eigenvalue weighted by Gasteiger charge is 2.15. The zero-order valence-corrected chi connectivity index (χ0v) is 17.9. The third-order valence-electron chi connectivity index (χ3n) is 5.09. The molecular formula is C24H23ClN4O2. The van der Waals surface area contributed by atoms with E-state index in [1.54, 1.807) is 24.3 Å². The van der Waals surface area contributed by atoms with E-state index in [-0.39, 0.29) is 5.28 Å². The van der Waals surface area contributed by atoms with Gasteiger partial charge >= 0.3 is 0 Å². The number of nitrogens with zero attached hydrogens (tertiary/aromatic N) is 4. The normalized spacial score (nSPS) is 14.1. The van der Waals surface area contributed by atoms with Gasteiger partial charge in [-0.05, 0) is 55.2 Å². The lowest BCUT2D eigenvalue weighted by molar-refractivity contribution is 0.218. The van der Waals surface area contributed by atoms with Crippen molar-refractivity contribution >= 4 is 11.6 Å². The van der Waals surface area contributed by atoms with Gasteiger partial charge in [0.15, 0.2) is 11.5 Å². The largest absolute Gasteiger partial charge is 0.485 e. The second kappa shape index (κ2) is 10.3. The number of rotatable bonds is 7. The lowest BCUT2D eigenvalue weighted by atomic mass is 10.1. The van der Waals surface area contributed by atoms with Crippen molar-refractivity contribution in [2.45, 2.75) is 32.4 Å². The van der Waals surface area contributed by atoms with Gasteiger partial charge in [0.05, 0.1) is 17.3 Å². The molecule has 1 saturated heterocycles. The predicted octanol–water partition coefficient (Wildman–Crippen LogP) is 5.36. The van der Waals surface area contributed by atoms with E-state index in [9.17, 15) is 5.26 Å². The maximum atomic E-state index is 9.30. The first-order chi connectivity index (χ1) is 15.2. The molecule has 1 aliphatic heterocycles.